The lowest BCUT2D eigenvalue weighted by Crippen LogP contribution is -2.32. The summed E-state index contributed by atoms with van der Waals surface area (Å²) >= 11 is 0. The van der Waals surface area contributed by atoms with Crippen molar-refractivity contribution >= 4 is 0 Å². The van der Waals surface area contributed by atoms with E-state index in [1.165, 1.54) is 30.4 Å². The Morgan fingerprint density at radius 1 is 1.18 bits per heavy atom. The smallest absolute Gasteiger partial charge is 0.0294 e. The minimum Gasteiger partial charge on any atom is -0.307 e. The van der Waals surface area contributed by atoms with E-state index >= 15 is 0 Å². The first-order valence-corrected chi connectivity index (χ1v) is 7.09. The van der Waals surface area contributed by atoms with E-state index < -0.39 is 0 Å². The summed E-state index contributed by atoms with van der Waals surface area (Å²) in [5.41, 5.74) is 2.84. The Morgan fingerprint density at radius 3 is 2.29 bits per heavy atom. The normalized spacial score (nSPS) is 19.0. The highest BCUT2D eigenvalue weighted by molar-refractivity contribution is 5.24. The van der Waals surface area contributed by atoms with Gasteiger partial charge in [0, 0.05) is 12.1 Å². The van der Waals surface area contributed by atoms with E-state index in [1.807, 2.05) is 0 Å². The van der Waals surface area contributed by atoms with Gasteiger partial charge in [0.2, 0.25) is 0 Å². The van der Waals surface area contributed by atoms with Gasteiger partial charge in [-0.25, -0.2) is 0 Å². The maximum absolute atomic E-state index is 3.78. The molecule has 1 aliphatic carbocycles. The first kappa shape index (κ1) is 12.6. The van der Waals surface area contributed by atoms with Gasteiger partial charge in [0.15, 0.2) is 0 Å². The Labute approximate surface area is 106 Å². The molecule has 1 fully saturated rings. The van der Waals surface area contributed by atoms with Crippen molar-refractivity contribution in [2.24, 2.45) is 5.92 Å². The summed E-state index contributed by atoms with van der Waals surface area (Å²) in [6, 6.07) is 10.3. The average molecular weight is 231 g/mol. The number of nitrogens with one attached hydrogen (secondary N) is 1. The Balaban J connectivity index is 1.95. The zero-order valence-corrected chi connectivity index (χ0v) is 11.4. The van der Waals surface area contributed by atoms with Gasteiger partial charge in [-0.05, 0) is 49.7 Å². The summed E-state index contributed by atoms with van der Waals surface area (Å²) < 4.78 is 0. The van der Waals surface area contributed by atoms with E-state index in [9.17, 15) is 0 Å². The standard InChI is InChI=1S/C16H25N/c1-4-13-6-8-14(9-7-13)12(3)17-16(5-2)15-10-11-15/h6-9,12,15-17H,4-5,10-11H2,1-3H3. The van der Waals surface area contributed by atoms with Crippen LogP contribution in [0.5, 0.6) is 0 Å². The molecule has 1 nitrogen and oxygen atoms in total. The zero-order valence-electron chi connectivity index (χ0n) is 11.4. The molecule has 1 aromatic carbocycles. The van der Waals surface area contributed by atoms with Crippen molar-refractivity contribution in [1.82, 2.24) is 5.32 Å². The van der Waals surface area contributed by atoms with Crippen LogP contribution in [0.2, 0.25) is 0 Å². The van der Waals surface area contributed by atoms with Crippen LogP contribution in [0.3, 0.4) is 0 Å². The average Bonchev–Trinajstić information content (AvgIpc) is 3.20. The van der Waals surface area contributed by atoms with Gasteiger partial charge in [0.1, 0.15) is 0 Å². The van der Waals surface area contributed by atoms with Crippen LogP contribution in [-0.2, 0) is 6.42 Å². The van der Waals surface area contributed by atoms with Gasteiger partial charge in [-0.15, -0.1) is 0 Å². The van der Waals surface area contributed by atoms with E-state index in [0.717, 1.165) is 18.4 Å². The van der Waals surface area contributed by atoms with Gasteiger partial charge < -0.3 is 5.32 Å². The summed E-state index contributed by atoms with van der Waals surface area (Å²) in [7, 11) is 0. The molecular formula is C16H25N. The lowest BCUT2D eigenvalue weighted by atomic mass is 10.0. The first-order chi connectivity index (χ1) is 8.24. The summed E-state index contributed by atoms with van der Waals surface area (Å²) in [5, 5.41) is 3.78. The third-order valence-corrected chi connectivity index (χ3v) is 3.98. The van der Waals surface area contributed by atoms with Crippen molar-refractivity contribution in [3.8, 4) is 0 Å². The largest absolute Gasteiger partial charge is 0.307 e. The second-order valence-electron chi connectivity index (χ2n) is 5.34. The third kappa shape index (κ3) is 3.32. The number of hydrogen-bond acceptors (Lipinski definition) is 1. The van der Waals surface area contributed by atoms with Crippen LogP contribution in [0, 0.1) is 5.92 Å². The van der Waals surface area contributed by atoms with Crippen LogP contribution in [0.1, 0.15) is 57.2 Å². The lowest BCUT2D eigenvalue weighted by Gasteiger charge is -2.22. The fraction of sp³-hybridized carbons (Fsp3) is 0.625. The Kier molecular flexibility index (Phi) is 4.22. The molecule has 1 N–H and O–H groups in total. The highest BCUT2D eigenvalue weighted by Gasteiger charge is 2.30. The molecule has 0 saturated heterocycles. The second-order valence-corrected chi connectivity index (χ2v) is 5.34. The molecule has 94 valence electrons. The van der Waals surface area contributed by atoms with E-state index in [0.29, 0.717) is 6.04 Å². The highest BCUT2D eigenvalue weighted by atomic mass is 15.0. The molecule has 2 rings (SSSR count). The molecule has 0 aliphatic heterocycles. The minimum atomic E-state index is 0.478. The summed E-state index contributed by atoms with van der Waals surface area (Å²) in [6.07, 6.45) is 5.23. The van der Waals surface area contributed by atoms with Gasteiger partial charge >= 0.3 is 0 Å². The van der Waals surface area contributed by atoms with Gasteiger partial charge in [0.25, 0.3) is 0 Å². The Morgan fingerprint density at radius 2 is 1.82 bits per heavy atom. The van der Waals surface area contributed by atoms with E-state index in [4.69, 9.17) is 0 Å². The van der Waals surface area contributed by atoms with E-state index in [-0.39, 0.29) is 0 Å². The predicted molar refractivity (Wildman–Crippen MR) is 74.2 cm³/mol. The molecule has 2 unspecified atom stereocenters. The first-order valence-electron chi connectivity index (χ1n) is 7.09. The van der Waals surface area contributed by atoms with Crippen molar-refractivity contribution in [2.75, 3.05) is 0 Å². The van der Waals surface area contributed by atoms with Crippen molar-refractivity contribution in [2.45, 2.75) is 58.5 Å². The maximum Gasteiger partial charge on any atom is 0.0294 e. The van der Waals surface area contributed by atoms with E-state index in [1.54, 1.807) is 0 Å². The van der Waals surface area contributed by atoms with Crippen molar-refractivity contribution < 1.29 is 0 Å². The van der Waals surface area contributed by atoms with Crippen LogP contribution in [0.25, 0.3) is 0 Å². The molecule has 1 heteroatoms. The van der Waals surface area contributed by atoms with Gasteiger partial charge in [-0.3, -0.25) is 0 Å². The molecule has 1 saturated carbocycles. The molecule has 1 aromatic rings. The molecule has 2 atom stereocenters. The molecule has 0 bridgehead atoms. The van der Waals surface area contributed by atoms with Crippen LogP contribution in [0.4, 0.5) is 0 Å². The highest BCUT2D eigenvalue weighted by Crippen LogP contribution is 2.35. The molecule has 0 radical (unpaired) electrons. The predicted octanol–water partition coefficient (Wildman–Crippen LogP) is 4.09. The molecule has 0 heterocycles. The van der Waals surface area contributed by atoms with Crippen LogP contribution >= 0.6 is 0 Å². The number of aryl methyl sites for hydroxylation is 1. The molecule has 0 spiro atoms. The molecular weight excluding hydrogens is 206 g/mol. The zero-order chi connectivity index (χ0) is 12.3. The van der Waals surface area contributed by atoms with Crippen LogP contribution in [0.15, 0.2) is 24.3 Å². The Hall–Kier alpha value is -0.820. The van der Waals surface area contributed by atoms with Crippen molar-refractivity contribution in [3.05, 3.63) is 35.4 Å². The third-order valence-electron chi connectivity index (χ3n) is 3.98. The summed E-state index contributed by atoms with van der Waals surface area (Å²) in [4.78, 5) is 0. The number of rotatable bonds is 6. The SMILES string of the molecule is CCc1ccc(C(C)NC(CC)C2CC2)cc1. The maximum atomic E-state index is 3.78. The molecule has 0 amide bonds. The molecule has 1 aliphatic rings. The summed E-state index contributed by atoms with van der Waals surface area (Å²) in [6.45, 7) is 6.78. The van der Waals surface area contributed by atoms with Gasteiger partial charge in [-0.1, -0.05) is 38.1 Å². The fourth-order valence-electron chi connectivity index (χ4n) is 2.55. The summed E-state index contributed by atoms with van der Waals surface area (Å²) in [5.74, 6) is 0.942. The second kappa shape index (κ2) is 5.68. The fourth-order valence-corrected chi connectivity index (χ4v) is 2.55. The minimum absolute atomic E-state index is 0.478. The lowest BCUT2D eigenvalue weighted by molar-refractivity contribution is 0.405. The monoisotopic (exact) mass is 231 g/mol. The van der Waals surface area contributed by atoms with Gasteiger partial charge in [-0.2, -0.15) is 0 Å². The van der Waals surface area contributed by atoms with Crippen molar-refractivity contribution in [1.29, 1.82) is 0 Å². The van der Waals surface area contributed by atoms with Gasteiger partial charge in [0.05, 0.1) is 0 Å². The van der Waals surface area contributed by atoms with Crippen LogP contribution in [-0.4, -0.2) is 6.04 Å². The molecule has 17 heavy (non-hydrogen) atoms. The number of benzene rings is 1. The number of hydrogen-bond donors (Lipinski definition) is 1. The van der Waals surface area contributed by atoms with Crippen molar-refractivity contribution in [3.63, 3.8) is 0 Å². The quantitative estimate of drug-likeness (QED) is 0.777. The Bertz CT molecular complexity index is 337. The topological polar surface area (TPSA) is 12.0 Å². The van der Waals surface area contributed by atoms with Crippen LogP contribution < -0.4 is 5.32 Å². The molecule has 0 aromatic heterocycles. The van der Waals surface area contributed by atoms with E-state index in [2.05, 4.69) is 50.4 Å².